The lowest BCUT2D eigenvalue weighted by atomic mass is 10.1. The SMILES string of the molecule is CNC(Cc1cn2ccsc2n1)c1cc(C)c(C)s1. The molecule has 3 aromatic rings. The van der Waals surface area contributed by atoms with Crippen molar-refractivity contribution in [3.8, 4) is 0 Å². The predicted octanol–water partition coefficient (Wildman–Crippen LogP) is 3.58. The van der Waals surface area contributed by atoms with Gasteiger partial charge in [-0.05, 0) is 32.5 Å². The first-order chi connectivity index (χ1) is 9.17. The molecular formula is C14H17N3S2. The minimum Gasteiger partial charge on any atom is -0.312 e. The normalized spacial score (nSPS) is 13.2. The Morgan fingerprint density at radius 3 is 2.89 bits per heavy atom. The van der Waals surface area contributed by atoms with Crippen LogP contribution in [0.4, 0.5) is 0 Å². The number of rotatable bonds is 4. The molecule has 0 amide bonds. The molecule has 3 nitrogen and oxygen atoms in total. The molecule has 1 N–H and O–H groups in total. The van der Waals surface area contributed by atoms with Crippen molar-refractivity contribution in [3.05, 3.63) is 44.9 Å². The zero-order valence-corrected chi connectivity index (χ0v) is 12.9. The summed E-state index contributed by atoms with van der Waals surface area (Å²) in [5, 5.41) is 5.47. The molecule has 0 spiro atoms. The molecule has 3 rings (SSSR count). The first kappa shape index (κ1) is 12.8. The highest BCUT2D eigenvalue weighted by molar-refractivity contribution is 7.15. The van der Waals surface area contributed by atoms with Crippen LogP contribution in [0.15, 0.2) is 23.8 Å². The summed E-state index contributed by atoms with van der Waals surface area (Å²) in [5.41, 5.74) is 2.53. The van der Waals surface area contributed by atoms with Crippen LogP contribution < -0.4 is 5.32 Å². The fourth-order valence-electron chi connectivity index (χ4n) is 2.20. The summed E-state index contributed by atoms with van der Waals surface area (Å²) >= 11 is 3.56. The molecule has 0 saturated carbocycles. The summed E-state index contributed by atoms with van der Waals surface area (Å²) in [6.45, 7) is 4.36. The second-order valence-electron chi connectivity index (χ2n) is 4.76. The molecule has 0 fully saturated rings. The van der Waals surface area contributed by atoms with Crippen LogP contribution >= 0.6 is 22.7 Å². The molecule has 0 aliphatic carbocycles. The first-order valence-corrected chi connectivity index (χ1v) is 8.02. The van der Waals surface area contributed by atoms with Crippen molar-refractivity contribution in [2.24, 2.45) is 0 Å². The van der Waals surface area contributed by atoms with E-state index in [-0.39, 0.29) is 0 Å². The molecule has 0 aliphatic heterocycles. The van der Waals surface area contributed by atoms with E-state index < -0.39 is 0 Å². The maximum Gasteiger partial charge on any atom is 0.193 e. The van der Waals surface area contributed by atoms with Crippen LogP contribution in [-0.4, -0.2) is 16.4 Å². The molecule has 0 radical (unpaired) electrons. The second kappa shape index (κ2) is 5.07. The van der Waals surface area contributed by atoms with Gasteiger partial charge < -0.3 is 5.32 Å². The number of aromatic nitrogens is 2. The van der Waals surface area contributed by atoms with Gasteiger partial charge in [-0.2, -0.15) is 0 Å². The largest absolute Gasteiger partial charge is 0.312 e. The molecular weight excluding hydrogens is 274 g/mol. The third-order valence-corrected chi connectivity index (χ3v) is 5.47. The van der Waals surface area contributed by atoms with E-state index in [9.17, 15) is 0 Å². The lowest BCUT2D eigenvalue weighted by Crippen LogP contribution is -2.17. The number of likely N-dealkylation sites (N-methyl/N-ethyl adjacent to an activating group) is 1. The van der Waals surface area contributed by atoms with Crippen molar-refractivity contribution in [1.82, 2.24) is 14.7 Å². The second-order valence-corrected chi connectivity index (χ2v) is 6.92. The smallest absolute Gasteiger partial charge is 0.193 e. The molecule has 3 aromatic heterocycles. The lowest BCUT2D eigenvalue weighted by molar-refractivity contribution is 0.595. The van der Waals surface area contributed by atoms with Crippen molar-refractivity contribution in [2.75, 3.05) is 7.05 Å². The number of imidazole rings is 1. The Bertz CT molecular complexity index is 644. The van der Waals surface area contributed by atoms with E-state index in [1.807, 2.05) is 18.4 Å². The first-order valence-electron chi connectivity index (χ1n) is 6.32. The number of thiophene rings is 1. The van der Waals surface area contributed by atoms with Crippen molar-refractivity contribution >= 4 is 27.6 Å². The molecule has 5 heteroatoms. The Balaban J connectivity index is 1.84. The maximum absolute atomic E-state index is 4.66. The van der Waals surface area contributed by atoms with E-state index >= 15 is 0 Å². The topological polar surface area (TPSA) is 29.3 Å². The van der Waals surface area contributed by atoms with Gasteiger partial charge in [-0.25, -0.2) is 4.98 Å². The minimum atomic E-state index is 0.349. The maximum atomic E-state index is 4.66. The summed E-state index contributed by atoms with van der Waals surface area (Å²) in [7, 11) is 2.02. The van der Waals surface area contributed by atoms with Crippen molar-refractivity contribution in [2.45, 2.75) is 26.3 Å². The molecule has 0 aliphatic rings. The van der Waals surface area contributed by atoms with Gasteiger partial charge in [0.2, 0.25) is 0 Å². The Morgan fingerprint density at radius 1 is 1.42 bits per heavy atom. The molecule has 19 heavy (non-hydrogen) atoms. The summed E-state index contributed by atoms with van der Waals surface area (Å²) in [6.07, 6.45) is 5.12. The lowest BCUT2D eigenvalue weighted by Gasteiger charge is -2.12. The Morgan fingerprint density at radius 2 is 2.26 bits per heavy atom. The van der Waals surface area contributed by atoms with Crippen molar-refractivity contribution < 1.29 is 0 Å². The standard InChI is InChI=1S/C14H17N3S2/c1-9-6-13(19-10(9)2)12(15-3)7-11-8-17-4-5-18-14(17)16-11/h4-6,8,12,15H,7H2,1-3H3. The Labute approximate surface area is 120 Å². The van der Waals surface area contributed by atoms with Crippen LogP contribution in [-0.2, 0) is 6.42 Å². The van der Waals surface area contributed by atoms with Gasteiger partial charge in [0.1, 0.15) is 0 Å². The molecule has 0 aromatic carbocycles. The Hall–Kier alpha value is -1.17. The number of nitrogens with zero attached hydrogens (tertiary/aromatic N) is 2. The number of hydrogen-bond donors (Lipinski definition) is 1. The van der Waals surface area contributed by atoms with Crippen molar-refractivity contribution in [3.63, 3.8) is 0 Å². The monoisotopic (exact) mass is 291 g/mol. The van der Waals surface area contributed by atoms with Gasteiger partial charge in [0.05, 0.1) is 5.69 Å². The van der Waals surface area contributed by atoms with E-state index in [0.29, 0.717) is 6.04 Å². The van der Waals surface area contributed by atoms with Crippen LogP contribution in [0.2, 0.25) is 0 Å². The average Bonchev–Trinajstić information content (AvgIpc) is 3.02. The van der Waals surface area contributed by atoms with E-state index in [4.69, 9.17) is 0 Å². The van der Waals surface area contributed by atoms with Gasteiger partial charge >= 0.3 is 0 Å². The molecule has 0 saturated heterocycles. The quantitative estimate of drug-likeness (QED) is 0.796. The number of aryl methyl sites for hydroxylation is 2. The third-order valence-electron chi connectivity index (χ3n) is 3.43. The van der Waals surface area contributed by atoms with Gasteiger partial charge in [-0.15, -0.1) is 22.7 Å². The van der Waals surface area contributed by atoms with Crippen LogP contribution in [0.1, 0.15) is 27.1 Å². The predicted molar refractivity (Wildman–Crippen MR) is 82.4 cm³/mol. The highest BCUT2D eigenvalue weighted by Gasteiger charge is 2.15. The molecule has 0 bridgehead atoms. The van der Waals surface area contributed by atoms with Gasteiger partial charge in [0.15, 0.2) is 4.96 Å². The summed E-state index contributed by atoms with van der Waals surface area (Å²) in [4.78, 5) is 8.53. The van der Waals surface area contributed by atoms with Gasteiger partial charge in [0.25, 0.3) is 0 Å². The van der Waals surface area contributed by atoms with Gasteiger partial charge in [-0.1, -0.05) is 0 Å². The Kier molecular flexibility index (Phi) is 3.43. The zero-order valence-electron chi connectivity index (χ0n) is 11.3. The van der Waals surface area contributed by atoms with E-state index in [0.717, 1.165) is 17.1 Å². The number of nitrogens with one attached hydrogen (secondary N) is 1. The van der Waals surface area contributed by atoms with E-state index in [1.165, 1.54) is 15.3 Å². The zero-order chi connectivity index (χ0) is 13.4. The molecule has 3 heterocycles. The molecule has 100 valence electrons. The number of hydrogen-bond acceptors (Lipinski definition) is 4. The minimum absolute atomic E-state index is 0.349. The van der Waals surface area contributed by atoms with E-state index in [1.54, 1.807) is 11.3 Å². The van der Waals surface area contributed by atoms with Gasteiger partial charge in [0, 0.05) is 40.0 Å². The van der Waals surface area contributed by atoms with Crippen LogP contribution in [0.3, 0.4) is 0 Å². The fourth-order valence-corrected chi connectivity index (χ4v) is 4.07. The van der Waals surface area contributed by atoms with Crippen LogP contribution in [0, 0.1) is 13.8 Å². The molecule has 1 unspecified atom stereocenters. The van der Waals surface area contributed by atoms with E-state index in [2.05, 4.69) is 52.4 Å². The van der Waals surface area contributed by atoms with Crippen molar-refractivity contribution in [1.29, 1.82) is 0 Å². The van der Waals surface area contributed by atoms with Crippen LogP contribution in [0.25, 0.3) is 4.96 Å². The fraction of sp³-hybridized carbons (Fsp3) is 0.357. The average molecular weight is 291 g/mol. The number of thiazole rings is 1. The molecule has 1 atom stereocenters. The van der Waals surface area contributed by atoms with Crippen LogP contribution in [0.5, 0.6) is 0 Å². The van der Waals surface area contributed by atoms with Gasteiger partial charge in [-0.3, -0.25) is 4.40 Å². The third kappa shape index (κ3) is 2.45. The highest BCUT2D eigenvalue weighted by Crippen LogP contribution is 2.28. The highest BCUT2D eigenvalue weighted by atomic mass is 32.1. The summed E-state index contributed by atoms with van der Waals surface area (Å²) in [5.74, 6) is 0. The summed E-state index contributed by atoms with van der Waals surface area (Å²) in [6, 6.07) is 2.64. The number of fused-ring (bicyclic) bond motifs is 1. The summed E-state index contributed by atoms with van der Waals surface area (Å²) < 4.78 is 2.09.